The highest BCUT2D eigenvalue weighted by Gasteiger charge is 1.92. The van der Waals surface area contributed by atoms with Crippen LogP contribution < -0.4 is 0 Å². The topological polar surface area (TPSA) is 26.3 Å². The smallest absolute Gasteiger partial charge is 0.329 e. The van der Waals surface area contributed by atoms with Crippen LogP contribution in [0.2, 0.25) is 0 Å². The van der Waals surface area contributed by atoms with Crippen LogP contribution >= 0.6 is 12.6 Å². The second kappa shape index (κ2) is 4.54. The van der Waals surface area contributed by atoms with E-state index in [-0.39, 0.29) is 5.75 Å². The molecule has 0 bridgehead atoms. The Morgan fingerprint density at radius 2 is 2.50 bits per heavy atom. The predicted molar refractivity (Wildman–Crippen MR) is 33.4 cm³/mol. The van der Waals surface area contributed by atoms with Crippen molar-refractivity contribution in [3.05, 3.63) is 0 Å². The molecule has 0 N–H and O–H groups in total. The highest BCUT2D eigenvalue weighted by atomic mass is 32.1. The average Bonchev–Trinajstić information content (AvgIpc) is 1.83. The fourth-order valence-corrected chi connectivity index (χ4v) is 0.205. The summed E-state index contributed by atoms with van der Waals surface area (Å²) in [6.07, 6.45) is 2.15. The molecule has 0 saturated heterocycles. The third-order valence-electron chi connectivity index (χ3n) is 0.396. The third-order valence-corrected chi connectivity index (χ3v) is 0.654. The van der Waals surface area contributed by atoms with Gasteiger partial charge in [0.1, 0.15) is 6.11 Å². The van der Waals surface area contributed by atoms with Gasteiger partial charge in [-0.3, -0.25) is 4.79 Å². The van der Waals surface area contributed by atoms with Gasteiger partial charge in [0, 0.05) is 6.92 Å². The molecule has 0 aliphatic heterocycles. The van der Waals surface area contributed by atoms with Gasteiger partial charge >= 0.3 is 5.97 Å². The lowest BCUT2D eigenvalue weighted by atomic mass is 10.8. The molecule has 0 amide bonds. The van der Waals surface area contributed by atoms with Crippen molar-refractivity contribution < 1.29 is 9.53 Å². The second-order valence-corrected chi connectivity index (χ2v) is 1.30. The summed E-state index contributed by atoms with van der Waals surface area (Å²) in [4.78, 5) is 10.2. The quantitative estimate of drug-likeness (QED) is 0.316. The van der Waals surface area contributed by atoms with Gasteiger partial charge in [-0.15, -0.1) is 0 Å². The molecule has 0 saturated carbocycles. The minimum absolute atomic E-state index is 0.0781. The van der Waals surface area contributed by atoms with Gasteiger partial charge < -0.3 is 4.74 Å². The van der Waals surface area contributed by atoms with Gasteiger partial charge in [0.2, 0.25) is 0 Å². The van der Waals surface area contributed by atoms with Crippen molar-refractivity contribution in [3.8, 4) is 12.0 Å². The van der Waals surface area contributed by atoms with Crippen LogP contribution in [-0.2, 0) is 9.53 Å². The number of ether oxygens (including phenoxy) is 1. The molecule has 0 atom stereocenters. The fourth-order valence-electron chi connectivity index (χ4n) is 0.140. The molecule has 0 radical (unpaired) electrons. The molecule has 0 aromatic heterocycles. The van der Waals surface area contributed by atoms with Gasteiger partial charge in [-0.2, -0.15) is 12.6 Å². The van der Waals surface area contributed by atoms with Crippen molar-refractivity contribution in [1.29, 1.82) is 0 Å². The first-order valence-corrected chi connectivity index (χ1v) is 2.66. The summed E-state index contributed by atoms with van der Waals surface area (Å²) in [6, 6.07) is 0. The monoisotopic (exact) mass is 130 g/mol. The van der Waals surface area contributed by atoms with Crippen LogP contribution in [0.5, 0.6) is 0 Å². The zero-order chi connectivity index (χ0) is 6.41. The molecule has 0 aliphatic rings. The minimum Gasteiger partial charge on any atom is -0.372 e. The summed E-state index contributed by atoms with van der Waals surface area (Å²) in [6.45, 7) is 1.59. The molecule has 3 heteroatoms. The molecule has 0 fully saturated rings. The number of hydrogen-bond acceptors (Lipinski definition) is 3. The Hall–Kier alpha value is -0.620. The van der Waals surface area contributed by atoms with E-state index in [0.29, 0.717) is 0 Å². The Bertz CT molecular complexity index is 131. The minimum atomic E-state index is -0.414. The molecular weight excluding hydrogens is 124 g/mol. The summed E-state index contributed by atoms with van der Waals surface area (Å²) in [5.41, 5.74) is 0. The predicted octanol–water partition coefficient (Wildman–Crippen LogP) is 0.440. The molecule has 44 valence electrons. The van der Waals surface area contributed by atoms with Crippen molar-refractivity contribution >= 4 is 18.6 Å². The lowest BCUT2D eigenvalue weighted by Crippen LogP contribution is -1.99. The van der Waals surface area contributed by atoms with Gasteiger partial charge in [0.05, 0.1) is 5.75 Å². The van der Waals surface area contributed by atoms with Crippen LogP contribution in [0, 0.1) is 12.0 Å². The third kappa shape index (κ3) is 3.57. The first-order valence-electron chi connectivity index (χ1n) is 2.03. The molecule has 0 aromatic carbocycles. The highest BCUT2D eigenvalue weighted by molar-refractivity contribution is 7.81. The fraction of sp³-hybridized carbons (Fsp3) is 0.400. The summed E-state index contributed by atoms with van der Waals surface area (Å²) in [5, 5.41) is 0. The first kappa shape index (κ1) is 7.38. The zero-order valence-corrected chi connectivity index (χ0v) is 5.37. The van der Waals surface area contributed by atoms with Crippen LogP contribution in [-0.4, -0.2) is 11.7 Å². The van der Waals surface area contributed by atoms with Gasteiger partial charge in [-0.1, -0.05) is 5.92 Å². The van der Waals surface area contributed by atoms with E-state index < -0.39 is 5.97 Å². The van der Waals surface area contributed by atoms with Crippen molar-refractivity contribution in [2.24, 2.45) is 0 Å². The standard InChI is InChI=1S/C5H6O2S/c1-2-3-7-5(6)4-8/h8H,4H2,1H3. The Morgan fingerprint density at radius 3 is 2.88 bits per heavy atom. The van der Waals surface area contributed by atoms with Crippen molar-refractivity contribution in [2.75, 3.05) is 5.75 Å². The molecule has 0 spiro atoms. The van der Waals surface area contributed by atoms with Crippen molar-refractivity contribution in [3.63, 3.8) is 0 Å². The van der Waals surface area contributed by atoms with Crippen LogP contribution in [0.4, 0.5) is 0 Å². The lowest BCUT2D eigenvalue weighted by molar-refractivity contribution is -0.133. The van der Waals surface area contributed by atoms with E-state index in [1.54, 1.807) is 6.92 Å². The number of thiol groups is 1. The molecule has 0 heterocycles. The molecular formula is C5H6O2S. The van der Waals surface area contributed by atoms with Crippen molar-refractivity contribution in [1.82, 2.24) is 0 Å². The van der Waals surface area contributed by atoms with Crippen molar-refractivity contribution in [2.45, 2.75) is 6.92 Å². The van der Waals surface area contributed by atoms with Gasteiger partial charge in [0.15, 0.2) is 0 Å². The number of esters is 1. The Morgan fingerprint density at radius 1 is 1.88 bits per heavy atom. The molecule has 8 heavy (non-hydrogen) atoms. The normalized spacial score (nSPS) is 6.75. The van der Waals surface area contributed by atoms with E-state index in [2.05, 4.69) is 29.4 Å². The summed E-state index contributed by atoms with van der Waals surface area (Å²) >= 11 is 3.65. The van der Waals surface area contributed by atoms with E-state index >= 15 is 0 Å². The van der Waals surface area contributed by atoms with E-state index in [1.807, 2.05) is 0 Å². The van der Waals surface area contributed by atoms with Gasteiger partial charge in [-0.25, -0.2) is 0 Å². The van der Waals surface area contributed by atoms with Gasteiger partial charge in [0.25, 0.3) is 0 Å². The number of rotatable bonds is 1. The van der Waals surface area contributed by atoms with E-state index in [4.69, 9.17) is 0 Å². The molecule has 2 nitrogen and oxygen atoms in total. The molecule has 0 aromatic rings. The van der Waals surface area contributed by atoms with Crippen LogP contribution in [0.1, 0.15) is 6.92 Å². The maximum atomic E-state index is 10.2. The average molecular weight is 130 g/mol. The maximum Gasteiger partial charge on any atom is 0.329 e. The Kier molecular flexibility index (Phi) is 4.19. The van der Waals surface area contributed by atoms with Crippen LogP contribution in [0.3, 0.4) is 0 Å². The molecule has 0 unspecified atom stereocenters. The number of hydrogen-bond donors (Lipinski definition) is 1. The highest BCUT2D eigenvalue weighted by Crippen LogP contribution is 1.77. The summed E-state index contributed by atoms with van der Waals surface area (Å²) < 4.78 is 4.26. The first-order chi connectivity index (χ1) is 3.81. The van der Waals surface area contributed by atoms with E-state index in [1.165, 1.54) is 0 Å². The Balaban J connectivity index is 3.35. The van der Waals surface area contributed by atoms with E-state index in [9.17, 15) is 4.79 Å². The van der Waals surface area contributed by atoms with E-state index in [0.717, 1.165) is 0 Å². The molecule has 0 rings (SSSR count). The van der Waals surface area contributed by atoms with Crippen LogP contribution in [0.25, 0.3) is 0 Å². The summed E-state index contributed by atoms with van der Waals surface area (Å²) in [7, 11) is 0. The SMILES string of the molecule is CC#COC(=O)CS. The number of carbonyl (C=O) groups excluding carboxylic acids is 1. The summed E-state index contributed by atoms with van der Waals surface area (Å²) in [5.74, 6) is 2.07. The van der Waals surface area contributed by atoms with Crippen LogP contribution in [0.15, 0.2) is 0 Å². The number of carbonyl (C=O) groups is 1. The zero-order valence-electron chi connectivity index (χ0n) is 4.47. The largest absolute Gasteiger partial charge is 0.372 e. The molecule has 0 aliphatic carbocycles. The lowest BCUT2D eigenvalue weighted by Gasteiger charge is -1.85. The Labute approximate surface area is 53.6 Å². The second-order valence-electron chi connectivity index (χ2n) is 0.984. The maximum absolute atomic E-state index is 10.2. The van der Waals surface area contributed by atoms with Gasteiger partial charge in [-0.05, 0) is 0 Å².